The summed E-state index contributed by atoms with van der Waals surface area (Å²) in [6.45, 7) is 0. The standard InChI is InChI=1S/C8H4Cl2N2O2/c9-3-1-4-6(5(10)2-3)7(12-14)11-8(4)13/h1-2,11,13H. The van der Waals surface area contributed by atoms with Gasteiger partial charge in [-0.05, 0) is 17.3 Å². The molecule has 0 atom stereocenters. The quantitative estimate of drug-likeness (QED) is 0.736. The third kappa shape index (κ3) is 1.23. The molecule has 0 saturated heterocycles. The molecule has 1 heterocycles. The zero-order chi connectivity index (χ0) is 10.3. The van der Waals surface area contributed by atoms with Gasteiger partial charge < -0.3 is 10.1 Å². The van der Waals surface area contributed by atoms with E-state index < -0.39 is 0 Å². The molecule has 0 aliphatic rings. The zero-order valence-electron chi connectivity index (χ0n) is 6.71. The van der Waals surface area contributed by atoms with E-state index in [9.17, 15) is 10.0 Å². The largest absolute Gasteiger partial charge is 0.494 e. The molecule has 1 aromatic heterocycles. The summed E-state index contributed by atoms with van der Waals surface area (Å²) in [4.78, 5) is 12.8. The first-order valence-corrected chi connectivity index (χ1v) is 4.42. The monoisotopic (exact) mass is 230 g/mol. The van der Waals surface area contributed by atoms with Crippen molar-refractivity contribution in [3.63, 3.8) is 0 Å². The van der Waals surface area contributed by atoms with Crippen LogP contribution in [-0.2, 0) is 0 Å². The van der Waals surface area contributed by atoms with Gasteiger partial charge in [0.15, 0.2) is 11.7 Å². The van der Waals surface area contributed by atoms with E-state index >= 15 is 0 Å². The summed E-state index contributed by atoms with van der Waals surface area (Å²) < 4.78 is 0. The van der Waals surface area contributed by atoms with Crippen LogP contribution in [0.1, 0.15) is 0 Å². The van der Waals surface area contributed by atoms with E-state index in [2.05, 4.69) is 10.2 Å². The number of aromatic nitrogens is 1. The van der Waals surface area contributed by atoms with Gasteiger partial charge in [-0.1, -0.05) is 23.2 Å². The van der Waals surface area contributed by atoms with E-state index in [0.29, 0.717) is 15.8 Å². The zero-order valence-corrected chi connectivity index (χ0v) is 8.23. The highest BCUT2D eigenvalue weighted by molar-refractivity contribution is 6.39. The van der Waals surface area contributed by atoms with Gasteiger partial charge in [-0.2, -0.15) is 0 Å². The number of hydrogen-bond acceptors (Lipinski definition) is 3. The Morgan fingerprint density at radius 3 is 2.71 bits per heavy atom. The summed E-state index contributed by atoms with van der Waals surface area (Å²) in [6, 6.07) is 2.98. The first kappa shape index (κ1) is 9.30. The van der Waals surface area contributed by atoms with E-state index in [-0.39, 0.29) is 16.7 Å². The molecule has 14 heavy (non-hydrogen) atoms. The first-order valence-electron chi connectivity index (χ1n) is 3.66. The van der Waals surface area contributed by atoms with Crippen molar-refractivity contribution in [3.05, 3.63) is 27.1 Å². The fraction of sp³-hybridized carbons (Fsp3) is 0. The van der Waals surface area contributed by atoms with E-state index in [1.807, 2.05) is 0 Å². The maximum atomic E-state index is 10.4. The lowest BCUT2D eigenvalue weighted by atomic mass is 10.2. The SMILES string of the molecule is O=Nc1[nH]c(O)c2cc(Cl)cc(Cl)c12. The average Bonchev–Trinajstić information content (AvgIpc) is 2.43. The molecule has 0 saturated carbocycles. The molecule has 0 spiro atoms. The summed E-state index contributed by atoms with van der Waals surface area (Å²) in [5.74, 6) is -0.168. The van der Waals surface area contributed by atoms with Crippen molar-refractivity contribution in [2.75, 3.05) is 0 Å². The number of nitroso groups, excluding NO2 is 1. The molecular formula is C8H4Cl2N2O2. The molecule has 0 amide bonds. The molecule has 0 aliphatic carbocycles. The Hall–Kier alpha value is -1.26. The van der Waals surface area contributed by atoms with Crippen molar-refractivity contribution in [3.8, 4) is 5.88 Å². The molecule has 1 aromatic carbocycles. The van der Waals surface area contributed by atoms with E-state index in [0.717, 1.165) is 0 Å². The Morgan fingerprint density at radius 2 is 2.07 bits per heavy atom. The molecule has 6 heteroatoms. The Balaban J connectivity index is 2.96. The Kier molecular flexibility index (Phi) is 2.09. The predicted octanol–water partition coefficient (Wildman–Crippen LogP) is 3.58. The van der Waals surface area contributed by atoms with Gasteiger partial charge in [0.2, 0.25) is 0 Å². The van der Waals surface area contributed by atoms with Gasteiger partial charge in [0.1, 0.15) is 0 Å². The second-order valence-electron chi connectivity index (χ2n) is 2.72. The molecule has 2 aromatic rings. The first-order chi connectivity index (χ1) is 6.63. The average molecular weight is 231 g/mol. The van der Waals surface area contributed by atoms with Crippen LogP contribution in [0.15, 0.2) is 17.3 Å². The molecule has 0 aliphatic heterocycles. The van der Waals surface area contributed by atoms with E-state index in [1.165, 1.54) is 12.1 Å². The van der Waals surface area contributed by atoms with Crippen molar-refractivity contribution in [2.45, 2.75) is 0 Å². The highest BCUT2D eigenvalue weighted by Crippen LogP contribution is 2.39. The number of nitrogens with zero attached hydrogens (tertiary/aromatic N) is 1. The number of benzene rings is 1. The number of H-pyrrole nitrogens is 1. The maximum Gasteiger partial charge on any atom is 0.198 e. The van der Waals surface area contributed by atoms with Gasteiger partial charge in [0, 0.05) is 10.4 Å². The molecule has 4 nitrogen and oxygen atoms in total. The van der Waals surface area contributed by atoms with E-state index in [1.54, 1.807) is 0 Å². The Morgan fingerprint density at radius 1 is 1.36 bits per heavy atom. The normalized spacial score (nSPS) is 10.7. The van der Waals surface area contributed by atoms with Crippen LogP contribution in [0.4, 0.5) is 5.82 Å². The number of aromatic amines is 1. The van der Waals surface area contributed by atoms with Crippen molar-refractivity contribution in [1.29, 1.82) is 0 Å². The van der Waals surface area contributed by atoms with Crippen LogP contribution < -0.4 is 0 Å². The third-order valence-electron chi connectivity index (χ3n) is 1.88. The summed E-state index contributed by atoms with van der Waals surface area (Å²) in [5.41, 5.74) is 0. The minimum absolute atomic E-state index is 0.000772. The summed E-state index contributed by atoms with van der Waals surface area (Å²) in [7, 11) is 0. The van der Waals surface area contributed by atoms with Crippen LogP contribution in [0.2, 0.25) is 10.0 Å². The fourth-order valence-corrected chi connectivity index (χ4v) is 1.89. The van der Waals surface area contributed by atoms with Gasteiger partial charge in [-0.25, -0.2) is 0 Å². The van der Waals surface area contributed by atoms with Crippen molar-refractivity contribution < 1.29 is 5.11 Å². The van der Waals surface area contributed by atoms with Gasteiger partial charge in [-0.3, -0.25) is 0 Å². The molecule has 0 radical (unpaired) electrons. The lowest BCUT2D eigenvalue weighted by molar-refractivity contribution is 0.463. The fourth-order valence-electron chi connectivity index (χ4n) is 1.31. The number of rotatable bonds is 1. The molecule has 0 fully saturated rings. The Bertz CT molecular complexity index is 522. The predicted molar refractivity (Wildman–Crippen MR) is 55.4 cm³/mol. The van der Waals surface area contributed by atoms with Gasteiger partial charge in [0.25, 0.3) is 0 Å². The minimum atomic E-state index is -0.168. The summed E-state index contributed by atoms with van der Waals surface area (Å²) >= 11 is 11.6. The van der Waals surface area contributed by atoms with Crippen LogP contribution in [0.25, 0.3) is 10.8 Å². The van der Waals surface area contributed by atoms with Crippen LogP contribution >= 0.6 is 23.2 Å². The number of hydrogen-bond donors (Lipinski definition) is 2. The molecule has 2 N–H and O–H groups in total. The maximum absolute atomic E-state index is 10.4. The number of fused-ring (bicyclic) bond motifs is 1. The molecule has 0 unspecified atom stereocenters. The van der Waals surface area contributed by atoms with Crippen molar-refractivity contribution >= 4 is 39.8 Å². The smallest absolute Gasteiger partial charge is 0.198 e. The van der Waals surface area contributed by atoms with Crippen LogP contribution in [0, 0.1) is 4.91 Å². The van der Waals surface area contributed by atoms with Crippen LogP contribution in [-0.4, -0.2) is 10.1 Å². The second-order valence-corrected chi connectivity index (χ2v) is 3.57. The molecule has 2 rings (SSSR count). The van der Waals surface area contributed by atoms with Gasteiger partial charge in [0.05, 0.1) is 10.4 Å². The summed E-state index contributed by atoms with van der Waals surface area (Å²) in [5, 5.41) is 13.5. The Labute approximate surface area is 88.4 Å². The van der Waals surface area contributed by atoms with Crippen molar-refractivity contribution in [1.82, 2.24) is 4.98 Å². The number of halogens is 2. The summed E-state index contributed by atoms with van der Waals surface area (Å²) in [6.07, 6.45) is 0. The minimum Gasteiger partial charge on any atom is -0.494 e. The molecule has 0 bridgehead atoms. The highest BCUT2D eigenvalue weighted by Gasteiger charge is 2.14. The lowest BCUT2D eigenvalue weighted by Crippen LogP contribution is -1.70. The highest BCUT2D eigenvalue weighted by atomic mass is 35.5. The molecular weight excluding hydrogens is 227 g/mol. The topological polar surface area (TPSA) is 65.5 Å². The van der Waals surface area contributed by atoms with Gasteiger partial charge >= 0.3 is 0 Å². The van der Waals surface area contributed by atoms with Crippen molar-refractivity contribution in [2.24, 2.45) is 5.18 Å². The number of nitrogens with one attached hydrogen (secondary N) is 1. The van der Waals surface area contributed by atoms with Crippen LogP contribution in [0.5, 0.6) is 5.88 Å². The second kappa shape index (κ2) is 3.15. The van der Waals surface area contributed by atoms with Crippen LogP contribution in [0.3, 0.4) is 0 Å². The third-order valence-corrected chi connectivity index (χ3v) is 2.39. The molecule has 72 valence electrons. The number of aromatic hydroxyl groups is 1. The lowest BCUT2D eigenvalue weighted by Gasteiger charge is -1.95. The van der Waals surface area contributed by atoms with E-state index in [4.69, 9.17) is 23.2 Å². The van der Waals surface area contributed by atoms with Gasteiger partial charge in [-0.15, -0.1) is 4.91 Å².